The van der Waals surface area contributed by atoms with Crippen LogP contribution in [0.5, 0.6) is 0 Å². The number of furan rings is 1. The fourth-order valence-corrected chi connectivity index (χ4v) is 2.47. The van der Waals surface area contributed by atoms with Crippen LogP contribution in [0.1, 0.15) is 11.3 Å². The normalized spacial score (nSPS) is 11.4. The first kappa shape index (κ1) is 14.7. The highest BCUT2D eigenvalue weighted by atomic mass is 16.3. The maximum Gasteiger partial charge on any atom is 0.262 e. The van der Waals surface area contributed by atoms with Gasteiger partial charge in [0, 0.05) is 29.7 Å². The Morgan fingerprint density at radius 2 is 2.17 bits per heavy atom. The number of rotatable bonds is 4. The average Bonchev–Trinajstić information content (AvgIpc) is 3.19. The molecule has 0 radical (unpaired) electrons. The Morgan fingerprint density at radius 3 is 2.91 bits per heavy atom. The van der Waals surface area contributed by atoms with E-state index in [0.29, 0.717) is 5.76 Å². The van der Waals surface area contributed by atoms with Crippen molar-refractivity contribution in [1.29, 1.82) is 5.26 Å². The van der Waals surface area contributed by atoms with E-state index in [1.807, 2.05) is 48.1 Å². The number of nitrogens with one attached hydrogen (secondary N) is 1. The number of carbonyl (C=O) groups is 1. The van der Waals surface area contributed by atoms with E-state index in [9.17, 15) is 10.1 Å². The van der Waals surface area contributed by atoms with Crippen LogP contribution < -0.4 is 5.32 Å². The zero-order valence-electron chi connectivity index (χ0n) is 12.6. The Bertz CT molecular complexity index is 912. The molecule has 0 spiro atoms. The third-order valence-electron chi connectivity index (χ3n) is 3.60. The SMILES string of the molecule is Cn1cc(/C=C(/C#N)C(=O)NCc2ccco2)c2ccccc21. The van der Waals surface area contributed by atoms with Crippen molar-refractivity contribution in [3.63, 3.8) is 0 Å². The molecule has 0 saturated heterocycles. The molecular formula is C18H15N3O2. The maximum absolute atomic E-state index is 12.2. The second-order valence-electron chi connectivity index (χ2n) is 5.14. The summed E-state index contributed by atoms with van der Waals surface area (Å²) in [7, 11) is 1.93. The monoisotopic (exact) mass is 305 g/mol. The number of carbonyl (C=O) groups excluding carboxylic acids is 1. The van der Waals surface area contributed by atoms with E-state index in [1.54, 1.807) is 24.5 Å². The number of para-hydroxylation sites is 1. The van der Waals surface area contributed by atoms with Crippen LogP contribution in [0.2, 0.25) is 0 Å². The van der Waals surface area contributed by atoms with E-state index in [4.69, 9.17) is 4.42 Å². The Hall–Kier alpha value is -3.26. The first-order valence-electron chi connectivity index (χ1n) is 7.15. The zero-order chi connectivity index (χ0) is 16.2. The van der Waals surface area contributed by atoms with Gasteiger partial charge in [-0.15, -0.1) is 0 Å². The highest BCUT2D eigenvalue weighted by molar-refractivity contribution is 6.03. The van der Waals surface area contributed by atoms with Crippen molar-refractivity contribution in [2.24, 2.45) is 7.05 Å². The van der Waals surface area contributed by atoms with E-state index >= 15 is 0 Å². The second kappa shape index (κ2) is 6.24. The summed E-state index contributed by atoms with van der Waals surface area (Å²) in [6.07, 6.45) is 5.06. The number of hydrogen-bond acceptors (Lipinski definition) is 3. The van der Waals surface area contributed by atoms with Crippen molar-refractivity contribution in [2.45, 2.75) is 6.54 Å². The van der Waals surface area contributed by atoms with Gasteiger partial charge in [0.25, 0.3) is 5.91 Å². The highest BCUT2D eigenvalue weighted by Gasteiger charge is 2.11. The molecule has 0 saturated carbocycles. The number of nitrogens with zero attached hydrogens (tertiary/aromatic N) is 2. The lowest BCUT2D eigenvalue weighted by atomic mass is 10.1. The molecule has 1 aromatic carbocycles. The van der Waals surface area contributed by atoms with Gasteiger partial charge in [-0.1, -0.05) is 18.2 Å². The van der Waals surface area contributed by atoms with Crippen LogP contribution in [-0.2, 0) is 18.4 Å². The molecule has 0 aliphatic carbocycles. The van der Waals surface area contributed by atoms with E-state index in [1.165, 1.54) is 0 Å². The lowest BCUT2D eigenvalue weighted by Gasteiger charge is -2.01. The van der Waals surface area contributed by atoms with Gasteiger partial charge in [-0.05, 0) is 24.3 Å². The number of benzene rings is 1. The molecule has 5 heteroatoms. The molecule has 0 unspecified atom stereocenters. The minimum atomic E-state index is -0.420. The number of hydrogen-bond donors (Lipinski definition) is 1. The second-order valence-corrected chi connectivity index (χ2v) is 5.14. The predicted octanol–water partition coefficient (Wildman–Crippen LogP) is 2.99. The summed E-state index contributed by atoms with van der Waals surface area (Å²) >= 11 is 0. The lowest BCUT2D eigenvalue weighted by molar-refractivity contribution is -0.117. The molecule has 3 aromatic rings. The minimum absolute atomic E-state index is 0.0629. The fourth-order valence-electron chi connectivity index (χ4n) is 2.47. The third kappa shape index (κ3) is 3.01. The van der Waals surface area contributed by atoms with Crippen LogP contribution in [-0.4, -0.2) is 10.5 Å². The molecule has 0 atom stereocenters. The summed E-state index contributed by atoms with van der Waals surface area (Å²) in [4.78, 5) is 12.2. The van der Waals surface area contributed by atoms with Crippen LogP contribution >= 0.6 is 0 Å². The van der Waals surface area contributed by atoms with Gasteiger partial charge in [-0.3, -0.25) is 4.79 Å². The zero-order valence-corrected chi connectivity index (χ0v) is 12.6. The van der Waals surface area contributed by atoms with Gasteiger partial charge in [0.15, 0.2) is 0 Å². The molecule has 1 N–H and O–H groups in total. The Morgan fingerprint density at radius 1 is 1.35 bits per heavy atom. The molecule has 23 heavy (non-hydrogen) atoms. The van der Waals surface area contributed by atoms with Crippen molar-refractivity contribution in [3.05, 3.63) is 65.8 Å². The summed E-state index contributed by atoms with van der Waals surface area (Å²) in [5.74, 6) is 0.220. The van der Waals surface area contributed by atoms with Gasteiger partial charge in [0.05, 0.1) is 12.8 Å². The molecule has 0 fully saturated rings. The fraction of sp³-hybridized carbons (Fsp3) is 0.111. The van der Waals surface area contributed by atoms with Gasteiger partial charge < -0.3 is 14.3 Å². The average molecular weight is 305 g/mol. The van der Waals surface area contributed by atoms with E-state index in [-0.39, 0.29) is 12.1 Å². The van der Waals surface area contributed by atoms with Crippen LogP contribution in [0.3, 0.4) is 0 Å². The quantitative estimate of drug-likeness (QED) is 0.595. The lowest BCUT2D eigenvalue weighted by Crippen LogP contribution is -2.23. The van der Waals surface area contributed by atoms with Crippen molar-refractivity contribution in [2.75, 3.05) is 0 Å². The number of aromatic nitrogens is 1. The van der Waals surface area contributed by atoms with Gasteiger partial charge in [0.2, 0.25) is 0 Å². The molecule has 2 heterocycles. The smallest absolute Gasteiger partial charge is 0.262 e. The Kier molecular flexibility index (Phi) is 3.98. The minimum Gasteiger partial charge on any atom is -0.467 e. The predicted molar refractivity (Wildman–Crippen MR) is 87.1 cm³/mol. The van der Waals surface area contributed by atoms with Gasteiger partial charge >= 0.3 is 0 Å². The number of aryl methyl sites for hydroxylation is 1. The highest BCUT2D eigenvalue weighted by Crippen LogP contribution is 2.22. The van der Waals surface area contributed by atoms with Crippen molar-refractivity contribution < 1.29 is 9.21 Å². The van der Waals surface area contributed by atoms with Crippen molar-refractivity contribution in [3.8, 4) is 6.07 Å². The molecule has 114 valence electrons. The molecule has 0 aliphatic rings. The van der Waals surface area contributed by atoms with E-state index in [2.05, 4.69) is 5.32 Å². The summed E-state index contributed by atoms with van der Waals surface area (Å²) in [6.45, 7) is 0.250. The summed E-state index contributed by atoms with van der Waals surface area (Å²) in [5.41, 5.74) is 1.95. The van der Waals surface area contributed by atoms with Crippen LogP contribution in [0, 0.1) is 11.3 Å². The van der Waals surface area contributed by atoms with Gasteiger partial charge in [0.1, 0.15) is 17.4 Å². The van der Waals surface area contributed by atoms with Gasteiger partial charge in [-0.2, -0.15) is 5.26 Å². The topological polar surface area (TPSA) is 71.0 Å². The van der Waals surface area contributed by atoms with Crippen LogP contribution in [0.15, 0.2) is 58.8 Å². The first-order valence-corrected chi connectivity index (χ1v) is 7.15. The van der Waals surface area contributed by atoms with Crippen LogP contribution in [0.25, 0.3) is 17.0 Å². The number of amides is 1. The van der Waals surface area contributed by atoms with E-state index < -0.39 is 5.91 Å². The summed E-state index contributed by atoms with van der Waals surface area (Å²) in [6, 6.07) is 13.3. The van der Waals surface area contributed by atoms with Gasteiger partial charge in [-0.25, -0.2) is 0 Å². The molecule has 0 aliphatic heterocycles. The summed E-state index contributed by atoms with van der Waals surface area (Å²) < 4.78 is 7.13. The van der Waals surface area contributed by atoms with Crippen LogP contribution in [0.4, 0.5) is 0 Å². The third-order valence-corrected chi connectivity index (χ3v) is 3.60. The maximum atomic E-state index is 12.2. The molecule has 2 aromatic heterocycles. The largest absolute Gasteiger partial charge is 0.467 e. The standard InChI is InChI=1S/C18H15N3O2/c1-21-12-14(16-6-2-3-7-17(16)21)9-13(10-19)18(22)20-11-15-5-4-8-23-15/h2-9,12H,11H2,1H3,(H,20,22)/b13-9-. The molecule has 3 rings (SSSR count). The molecular weight excluding hydrogens is 290 g/mol. The molecule has 5 nitrogen and oxygen atoms in total. The molecule has 0 bridgehead atoms. The number of nitriles is 1. The number of fused-ring (bicyclic) bond motifs is 1. The first-order chi connectivity index (χ1) is 11.2. The van der Waals surface area contributed by atoms with Crippen molar-refractivity contribution >= 4 is 22.9 Å². The summed E-state index contributed by atoms with van der Waals surface area (Å²) in [5, 5.41) is 13.0. The van der Waals surface area contributed by atoms with Crippen molar-refractivity contribution in [1.82, 2.24) is 9.88 Å². The Labute approximate surface area is 133 Å². The van der Waals surface area contributed by atoms with E-state index in [0.717, 1.165) is 16.5 Å². The Balaban J connectivity index is 1.85. The molecule has 1 amide bonds.